The molecule has 0 spiro atoms. The number of carbonyl (C=O) groups is 2. The van der Waals surface area contributed by atoms with Crippen LogP contribution in [0.25, 0.3) is 33.5 Å². The van der Waals surface area contributed by atoms with E-state index in [4.69, 9.17) is 0 Å². The lowest BCUT2D eigenvalue weighted by Crippen LogP contribution is -2.58. The highest BCUT2D eigenvalue weighted by atomic mass is 19.4. The van der Waals surface area contributed by atoms with Crippen LogP contribution < -0.4 is 5.32 Å². The standard InChI is InChI=1S/C40H37F6N11O3/c1-38(2,20-57-28(14-32(53-57)40(44,45)46)22-6-9-31(48-17-22)39(3,4)60)52-35(58)30(12-21-16-50-56(19-21)37(42)43)55-11-10-24-25(7-8-26(41)33(24)36(55)59)34-23(15-47)13-29-27(51-34)18-49-54(29)5/h6-9,13-14,16-19,30,37,60H,10-12,20H2,1-5H3,(H,52,58)/t30-/m1/s1. The maximum Gasteiger partial charge on any atom is 0.435 e. The van der Waals surface area contributed by atoms with E-state index in [9.17, 15) is 41.9 Å². The van der Waals surface area contributed by atoms with Crippen LogP contribution in [0.4, 0.5) is 26.3 Å². The molecule has 60 heavy (non-hydrogen) atoms. The molecule has 1 aliphatic rings. The average Bonchev–Trinajstić information content (AvgIpc) is 3.92. The Hall–Kier alpha value is -6.62. The number of pyridine rings is 2. The van der Waals surface area contributed by atoms with Crippen molar-refractivity contribution in [2.45, 2.75) is 77.0 Å². The highest BCUT2D eigenvalue weighted by Crippen LogP contribution is 2.36. The van der Waals surface area contributed by atoms with Crippen molar-refractivity contribution in [2.75, 3.05) is 6.54 Å². The van der Waals surface area contributed by atoms with E-state index in [1.807, 2.05) is 0 Å². The second-order valence-electron chi connectivity index (χ2n) is 15.6. The molecule has 20 heteroatoms. The fraction of sp³-hybridized carbons (Fsp3) is 0.350. The van der Waals surface area contributed by atoms with E-state index in [0.717, 1.165) is 34.1 Å². The molecule has 1 atom stereocenters. The van der Waals surface area contributed by atoms with E-state index >= 15 is 4.39 Å². The molecule has 0 fully saturated rings. The van der Waals surface area contributed by atoms with Gasteiger partial charge in [-0.3, -0.25) is 23.9 Å². The maximum atomic E-state index is 15.8. The first kappa shape index (κ1) is 41.5. The third kappa shape index (κ3) is 8.04. The van der Waals surface area contributed by atoms with E-state index in [1.165, 1.54) is 63.0 Å². The number of benzene rings is 1. The quantitative estimate of drug-likeness (QED) is 0.150. The number of alkyl halides is 5. The molecule has 5 aromatic heterocycles. The van der Waals surface area contributed by atoms with Crippen LogP contribution in [-0.2, 0) is 43.0 Å². The molecule has 2 amide bonds. The molecule has 1 aromatic carbocycles. The van der Waals surface area contributed by atoms with Gasteiger partial charge in [-0.2, -0.15) is 42.5 Å². The van der Waals surface area contributed by atoms with E-state index < -0.39 is 53.2 Å². The fourth-order valence-corrected chi connectivity index (χ4v) is 7.28. The Morgan fingerprint density at radius 1 is 1.03 bits per heavy atom. The van der Waals surface area contributed by atoms with Gasteiger partial charge in [0, 0.05) is 43.5 Å². The van der Waals surface area contributed by atoms with Gasteiger partial charge >= 0.3 is 12.7 Å². The van der Waals surface area contributed by atoms with Crippen LogP contribution in [0.3, 0.4) is 0 Å². The minimum atomic E-state index is -4.83. The molecule has 2 N–H and O–H groups in total. The average molecular weight is 834 g/mol. The molecule has 6 heterocycles. The number of nitriles is 1. The lowest BCUT2D eigenvalue weighted by Gasteiger charge is -2.37. The zero-order chi connectivity index (χ0) is 43.5. The van der Waals surface area contributed by atoms with Gasteiger partial charge in [0.25, 0.3) is 5.91 Å². The summed E-state index contributed by atoms with van der Waals surface area (Å²) < 4.78 is 87.8. The summed E-state index contributed by atoms with van der Waals surface area (Å²) in [5.74, 6) is -2.64. The molecule has 6 aromatic rings. The summed E-state index contributed by atoms with van der Waals surface area (Å²) in [6, 6.07) is 8.48. The molecule has 0 saturated carbocycles. The second kappa shape index (κ2) is 15.2. The molecule has 14 nitrogen and oxygen atoms in total. The molecule has 0 radical (unpaired) electrons. The van der Waals surface area contributed by atoms with Crippen molar-refractivity contribution in [2.24, 2.45) is 7.05 Å². The van der Waals surface area contributed by atoms with E-state index in [-0.39, 0.29) is 70.8 Å². The van der Waals surface area contributed by atoms with Crippen molar-refractivity contribution in [3.8, 4) is 28.6 Å². The number of halogens is 6. The number of carbonyl (C=O) groups excluding carboxylic acids is 2. The Bertz CT molecular complexity index is 2670. The Kier molecular flexibility index (Phi) is 10.5. The third-order valence-electron chi connectivity index (χ3n) is 10.2. The van der Waals surface area contributed by atoms with Gasteiger partial charge in [-0.1, -0.05) is 0 Å². The largest absolute Gasteiger partial charge is 0.435 e. The molecule has 0 aliphatic carbocycles. The number of amides is 2. The number of hydrogen-bond acceptors (Lipinski definition) is 9. The predicted octanol–water partition coefficient (Wildman–Crippen LogP) is 5.95. The van der Waals surface area contributed by atoms with E-state index in [0.29, 0.717) is 21.3 Å². The zero-order valence-corrected chi connectivity index (χ0v) is 32.8. The smallest absolute Gasteiger partial charge is 0.384 e. The highest BCUT2D eigenvalue weighted by molar-refractivity contribution is 6.02. The van der Waals surface area contributed by atoms with Gasteiger partial charge in [-0.05, 0) is 81.6 Å². The second-order valence-corrected chi connectivity index (χ2v) is 15.6. The first-order valence-electron chi connectivity index (χ1n) is 18.5. The molecule has 0 bridgehead atoms. The minimum Gasteiger partial charge on any atom is -0.384 e. The van der Waals surface area contributed by atoms with Crippen molar-refractivity contribution in [1.82, 2.24) is 49.5 Å². The molecular formula is C40H37F6N11O3. The van der Waals surface area contributed by atoms with Crippen molar-refractivity contribution in [3.63, 3.8) is 0 Å². The van der Waals surface area contributed by atoms with Gasteiger partial charge in [0.2, 0.25) is 5.91 Å². The number of nitrogens with zero attached hydrogens (tertiary/aromatic N) is 10. The Morgan fingerprint density at radius 3 is 2.42 bits per heavy atom. The summed E-state index contributed by atoms with van der Waals surface area (Å²) in [5.41, 5.74) is -1.72. The maximum absolute atomic E-state index is 15.8. The molecule has 0 unspecified atom stereocenters. The van der Waals surface area contributed by atoms with Crippen molar-refractivity contribution in [1.29, 1.82) is 5.26 Å². The number of aliphatic hydroxyl groups is 1. The van der Waals surface area contributed by atoms with Crippen LogP contribution in [0.1, 0.15) is 72.7 Å². The summed E-state index contributed by atoms with van der Waals surface area (Å²) in [4.78, 5) is 38.7. The first-order valence-corrected chi connectivity index (χ1v) is 18.5. The van der Waals surface area contributed by atoms with Gasteiger partial charge in [-0.15, -0.1) is 0 Å². The van der Waals surface area contributed by atoms with Gasteiger partial charge in [-0.25, -0.2) is 14.1 Å². The number of fused-ring (bicyclic) bond motifs is 2. The van der Waals surface area contributed by atoms with Gasteiger partial charge in [0.05, 0.1) is 58.2 Å². The number of rotatable bonds is 11. The number of aromatic nitrogens is 8. The summed E-state index contributed by atoms with van der Waals surface area (Å²) in [6.07, 6.45) is -0.286. The minimum absolute atomic E-state index is 0.00113. The Balaban J connectivity index is 1.23. The number of hydrogen-bond donors (Lipinski definition) is 2. The lowest BCUT2D eigenvalue weighted by molar-refractivity contribution is -0.141. The Morgan fingerprint density at radius 2 is 1.78 bits per heavy atom. The normalized spacial score (nSPS) is 14.1. The molecule has 312 valence electrons. The topological polar surface area (TPSA) is 173 Å². The van der Waals surface area contributed by atoms with Crippen LogP contribution in [0.5, 0.6) is 0 Å². The lowest BCUT2D eigenvalue weighted by atomic mass is 9.89. The molecule has 7 rings (SSSR count). The summed E-state index contributed by atoms with van der Waals surface area (Å²) in [6.45, 7) is 2.53. The van der Waals surface area contributed by atoms with Crippen LogP contribution in [0.15, 0.2) is 61.2 Å². The van der Waals surface area contributed by atoms with Crippen LogP contribution in [-0.4, -0.2) is 79.3 Å². The van der Waals surface area contributed by atoms with Gasteiger partial charge in [0.15, 0.2) is 5.69 Å². The fourth-order valence-electron chi connectivity index (χ4n) is 7.28. The highest BCUT2D eigenvalue weighted by Gasteiger charge is 2.40. The van der Waals surface area contributed by atoms with Crippen molar-refractivity contribution in [3.05, 3.63) is 101 Å². The SMILES string of the molecule is Cn1ncc2nc(-c3ccc(F)c4c3CCN([C@H](Cc3cnn(C(F)F)c3)C(=O)NC(C)(C)Cn3nc(C(F)(F)F)cc3-c3ccc(C(C)(C)O)nc3)C4=O)c(C#N)cc21. The number of nitrogens with one attached hydrogen (secondary N) is 1. The van der Waals surface area contributed by atoms with Crippen molar-refractivity contribution < 1.29 is 41.0 Å². The molecular weight excluding hydrogens is 797 g/mol. The van der Waals surface area contributed by atoms with Gasteiger partial charge < -0.3 is 15.3 Å². The summed E-state index contributed by atoms with van der Waals surface area (Å²) in [5, 5.41) is 34.8. The summed E-state index contributed by atoms with van der Waals surface area (Å²) >= 11 is 0. The molecule has 0 saturated heterocycles. The zero-order valence-electron chi connectivity index (χ0n) is 32.8. The van der Waals surface area contributed by atoms with E-state index in [2.05, 4.69) is 36.7 Å². The van der Waals surface area contributed by atoms with Crippen molar-refractivity contribution >= 4 is 22.8 Å². The van der Waals surface area contributed by atoms with Gasteiger partial charge in [0.1, 0.15) is 29.0 Å². The van der Waals surface area contributed by atoms with E-state index in [1.54, 1.807) is 13.1 Å². The first-order chi connectivity index (χ1) is 28.1. The van der Waals surface area contributed by atoms with Crippen LogP contribution in [0, 0.1) is 17.1 Å². The summed E-state index contributed by atoms with van der Waals surface area (Å²) in [7, 11) is 1.68. The predicted molar refractivity (Wildman–Crippen MR) is 202 cm³/mol. The van der Waals surface area contributed by atoms with Crippen LogP contribution >= 0.6 is 0 Å². The monoisotopic (exact) mass is 833 g/mol. The third-order valence-corrected chi connectivity index (χ3v) is 10.2. The Labute approximate surface area is 338 Å². The van der Waals surface area contributed by atoms with Crippen LogP contribution in [0.2, 0.25) is 0 Å². The number of aryl methyl sites for hydroxylation is 1. The molecule has 1 aliphatic heterocycles.